The fraction of sp³-hybridized carbons (Fsp3) is 0.350. The number of hydrogen-bond donors (Lipinski definition) is 2. The Morgan fingerprint density at radius 3 is 2.41 bits per heavy atom. The molecule has 1 aromatic carbocycles. The number of carboxylic acids is 1. The van der Waals surface area contributed by atoms with Crippen molar-refractivity contribution in [1.29, 1.82) is 0 Å². The van der Waals surface area contributed by atoms with Gasteiger partial charge in [-0.15, -0.1) is 0 Å². The van der Waals surface area contributed by atoms with E-state index in [0.717, 1.165) is 18.0 Å². The van der Waals surface area contributed by atoms with Crippen molar-refractivity contribution in [2.75, 3.05) is 20.2 Å². The lowest BCUT2D eigenvalue weighted by Gasteiger charge is -2.32. The van der Waals surface area contributed by atoms with E-state index in [1.54, 1.807) is 12.0 Å². The smallest absolute Gasteiger partial charge is 0.356 e. The van der Waals surface area contributed by atoms with Gasteiger partial charge in [-0.1, -0.05) is 18.2 Å². The second kappa shape index (κ2) is 9.13. The van der Waals surface area contributed by atoms with Gasteiger partial charge in [-0.25, -0.2) is 14.8 Å². The van der Waals surface area contributed by atoms with Gasteiger partial charge in [0.1, 0.15) is 11.4 Å². The van der Waals surface area contributed by atoms with Crippen LogP contribution in [0, 0.1) is 0 Å². The minimum Gasteiger partial charge on any atom is -0.496 e. The molecule has 1 aliphatic rings. The molecule has 9 heteroatoms. The van der Waals surface area contributed by atoms with Gasteiger partial charge < -0.3 is 20.1 Å². The minimum atomic E-state index is -1.20. The zero-order valence-electron chi connectivity index (χ0n) is 16.0. The highest BCUT2D eigenvalue weighted by atomic mass is 16.5. The van der Waals surface area contributed by atoms with Gasteiger partial charge in [0.2, 0.25) is 5.91 Å². The Labute approximate surface area is 167 Å². The van der Waals surface area contributed by atoms with Crippen molar-refractivity contribution in [3.8, 4) is 5.75 Å². The van der Waals surface area contributed by atoms with E-state index in [2.05, 4.69) is 15.3 Å². The van der Waals surface area contributed by atoms with Crippen molar-refractivity contribution in [3.63, 3.8) is 0 Å². The normalized spacial score (nSPS) is 14.3. The molecule has 0 spiro atoms. The lowest BCUT2D eigenvalue weighted by atomic mass is 10.0. The first-order chi connectivity index (χ1) is 14.0. The van der Waals surface area contributed by atoms with Gasteiger partial charge >= 0.3 is 5.97 Å². The van der Waals surface area contributed by atoms with Crippen molar-refractivity contribution in [2.24, 2.45) is 0 Å². The highest BCUT2D eigenvalue weighted by molar-refractivity contribution is 5.93. The molecule has 1 aromatic heterocycles. The number of nitrogens with one attached hydrogen (secondary N) is 1. The molecule has 0 radical (unpaired) electrons. The van der Waals surface area contributed by atoms with Crippen molar-refractivity contribution in [1.82, 2.24) is 20.2 Å². The monoisotopic (exact) mass is 398 g/mol. The lowest BCUT2D eigenvalue weighted by molar-refractivity contribution is -0.131. The molecule has 1 saturated heterocycles. The molecule has 0 bridgehead atoms. The molecule has 1 fully saturated rings. The molecule has 0 saturated carbocycles. The number of nitrogens with zero attached hydrogens (tertiary/aromatic N) is 3. The summed E-state index contributed by atoms with van der Waals surface area (Å²) in [6, 6.07) is 7.36. The van der Waals surface area contributed by atoms with Crippen LogP contribution in [0.3, 0.4) is 0 Å². The SMILES string of the molecule is COc1ccccc1CC(=O)N1CCC(NC(=O)c2cnc(C(=O)O)cn2)CC1. The fourth-order valence-electron chi connectivity index (χ4n) is 3.21. The second-order valence-corrected chi connectivity index (χ2v) is 6.71. The largest absolute Gasteiger partial charge is 0.496 e. The lowest BCUT2D eigenvalue weighted by Crippen LogP contribution is -2.47. The number of likely N-dealkylation sites (tertiary alicyclic amines) is 1. The third-order valence-corrected chi connectivity index (χ3v) is 4.82. The van der Waals surface area contributed by atoms with E-state index in [1.165, 1.54) is 0 Å². The van der Waals surface area contributed by atoms with Crippen LogP contribution in [-0.4, -0.2) is 64.0 Å². The van der Waals surface area contributed by atoms with Crippen LogP contribution < -0.4 is 10.1 Å². The molecule has 2 amide bonds. The summed E-state index contributed by atoms with van der Waals surface area (Å²) in [7, 11) is 1.58. The van der Waals surface area contributed by atoms with Gasteiger partial charge in [-0.05, 0) is 18.9 Å². The predicted molar refractivity (Wildman–Crippen MR) is 103 cm³/mol. The Balaban J connectivity index is 1.50. The van der Waals surface area contributed by atoms with E-state index in [4.69, 9.17) is 9.84 Å². The zero-order chi connectivity index (χ0) is 20.8. The number of para-hydroxylation sites is 1. The second-order valence-electron chi connectivity index (χ2n) is 6.71. The number of piperidine rings is 1. The standard InChI is InChI=1S/C20H22N4O5/c1-29-17-5-3-2-4-13(17)10-18(25)24-8-6-14(7-9-24)23-19(26)15-11-22-16(12-21-15)20(27)28/h2-5,11-12,14H,6-10H2,1H3,(H,23,26)(H,27,28). The molecule has 0 unspecified atom stereocenters. The predicted octanol–water partition coefficient (Wildman–Crippen LogP) is 1.15. The summed E-state index contributed by atoms with van der Waals surface area (Å²) in [6.07, 6.45) is 3.72. The maximum Gasteiger partial charge on any atom is 0.356 e. The van der Waals surface area contributed by atoms with Crippen molar-refractivity contribution in [2.45, 2.75) is 25.3 Å². The number of benzene rings is 1. The zero-order valence-corrected chi connectivity index (χ0v) is 16.0. The molecule has 2 aromatic rings. The average Bonchev–Trinajstić information content (AvgIpc) is 2.74. The summed E-state index contributed by atoms with van der Waals surface area (Å²) in [6.45, 7) is 1.09. The van der Waals surface area contributed by atoms with Crippen LogP contribution in [0.1, 0.15) is 39.4 Å². The fourth-order valence-corrected chi connectivity index (χ4v) is 3.21. The summed E-state index contributed by atoms with van der Waals surface area (Å²) in [5.41, 5.74) is 0.687. The Morgan fingerprint density at radius 2 is 1.79 bits per heavy atom. The molecule has 2 N–H and O–H groups in total. The number of aromatic carboxylic acids is 1. The van der Waals surface area contributed by atoms with Crippen LogP contribution in [0.15, 0.2) is 36.7 Å². The molecule has 0 aliphatic carbocycles. The quantitative estimate of drug-likeness (QED) is 0.748. The molecule has 9 nitrogen and oxygen atoms in total. The van der Waals surface area contributed by atoms with E-state index < -0.39 is 11.9 Å². The molecule has 1 aliphatic heterocycles. The number of carbonyl (C=O) groups is 3. The van der Waals surface area contributed by atoms with Gasteiger partial charge in [0.05, 0.1) is 25.9 Å². The van der Waals surface area contributed by atoms with Gasteiger partial charge in [-0.2, -0.15) is 0 Å². The number of hydrogen-bond acceptors (Lipinski definition) is 6. The number of carbonyl (C=O) groups excluding carboxylic acids is 2. The van der Waals surface area contributed by atoms with E-state index in [9.17, 15) is 14.4 Å². The first kappa shape index (κ1) is 20.2. The molecule has 152 valence electrons. The Morgan fingerprint density at radius 1 is 1.14 bits per heavy atom. The summed E-state index contributed by atoms with van der Waals surface area (Å²) >= 11 is 0. The number of aromatic nitrogens is 2. The maximum absolute atomic E-state index is 12.6. The minimum absolute atomic E-state index is 0.0226. The maximum atomic E-state index is 12.6. The number of carboxylic acid groups (broad SMARTS) is 1. The first-order valence-corrected chi connectivity index (χ1v) is 9.24. The van der Waals surface area contributed by atoms with Crippen molar-refractivity contribution in [3.05, 3.63) is 53.6 Å². The van der Waals surface area contributed by atoms with E-state index in [1.807, 2.05) is 24.3 Å². The third kappa shape index (κ3) is 5.07. The molecule has 29 heavy (non-hydrogen) atoms. The van der Waals surface area contributed by atoms with Crippen molar-refractivity contribution >= 4 is 17.8 Å². The van der Waals surface area contributed by atoms with Crippen LogP contribution in [0.25, 0.3) is 0 Å². The molecule has 3 rings (SSSR count). The Bertz CT molecular complexity index is 892. The molecular weight excluding hydrogens is 376 g/mol. The van der Waals surface area contributed by atoms with Gasteiger partial charge in [-0.3, -0.25) is 9.59 Å². The number of amides is 2. The van der Waals surface area contributed by atoms with E-state index in [0.29, 0.717) is 31.7 Å². The van der Waals surface area contributed by atoms with E-state index in [-0.39, 0.29) is 29.8 Å². The van der Waals surface area contributed by atoms with Crippen LogP contribution in [0.4, 0.5) is 0 Å². The van der Waals surface area contributed by atoms with E-state index >= 15 is 0 Å². The molecule has 0 atom stereocenters. The summed E-state index contributed by atoms with van der Waals surface area (Å²) in [5, 5.41) is 11.7. The Hall–Kier alpha value is -3.49. The topological polar surface area (TPSA) is 122 Å². The number of rotatable bonds is 6. The van der Waals surface area contributed by atoms with Crippen LogP contribution in [0.5, 0.6) is 5.75 Å². The Kier molecular flexibility index (Phi) is 6.38. The highest BCUT2D eigenvalue weighted by Crippen LogP contribution is 2.20. The first-order valence-electron chi connectivity index (χ1n) is 9.24. The summed E-state index contributed by atoms with van der Waals surface area (Å²) in [4.78, 5) is 45.0. The molecule has 2 heterocycles. The van der Waals surface area contributed by atoms with Gasteiger partial charge in [0, 0.05) is 24.7 Å². The molecular formula is C20H22N4O5. The van der Waals surface area contributed by atoms with Crippen molar-refractivity contribution < 1.29 is 24.2 Å². The number of methoxy groups -OCH3 is 1. The van der Waals surface area contributed by atoms with Crippen LogP contribution >= 0.6 is 0 Å². The van der Waals surface area contributed by atoms with Gasteiger partial charge in [0.25, 0.3) is 5.91 Å². The number of ether oxygens (including phenoxy) is 1. The van der Waals surface area contributed by atoms with Gasteiger partial charge in [0.15, 0.2) is 5.69 Å². The highest BCUT2D eigenvalue weighted by Gasteiger charge is 2.25. The van der Waals surface area contributed by atoms with Crippen LogP contribution in [0.2, 0.25) is 0 Å². The summed E-state index contributed by atoms with van der Waals surface area (Å²) in [5.74, 6) is -0.893. The summed E-state index contributed by atoms with van der Waals surface area (Å²) < 4.78 is 5.30. The average molecular weight is 398 g/mol. The third-order valence-electron chi connectivity index (χ3n) is 4.82. The van der Waals surface area contributed by atoms with Crippen LogP contribution in [-0.2, 0) is 11.2 Å².